The molecule has 3 aromatic carbocycles. The van der Waals surface area contributed by atoms with Crippen LogP contribution >= 0.6 is 0 Å². The van der Waals surface area contributed by atoms with Crippen molar-refractivity contribution < 1.29 is 22.3 Å². The average Bonchev–Trinajstić information content (AvgIpc) is 3.50. The Labute approximate surface area is 194 Å². The molecule has 168 valence electrons. The van der Waals surface area contributed by atoms with Gasteiger partial charge in [0.05, 0.1) is 10.6 Å². The van der Waals surface area contributed by atoms with Crippen LogP contribution in [0.25, 0.3) is 23.0 Å². The number of fused-ring (bicyclic) bond motifs is 1. The van der Waals surface area contributed by atoms with Gasteiger partial charge in [0.1, 0.15) is 22.5 Å². The molecular formula is C25H16FN3O4S. The summed E-state index contributed by atoms with van der Waals surface area (Å²) in [6, 6.07) is 20.6. The molecule has 0 bridgehead atoms. The van der Waals surface area contributed by atoms with Crippen LogP contribution in [0.15, 0.2) is 88.8 Å². The van der Waals surface area contributed by atoms with E-state index < -0.39 is 20.6 Å². The number of hydrogen-bond acceptors (Lipinski definition) is 6. The maximum absolute atomic E-state index is 13.3. The minimum Gasteiger partial charge on any atom is -0.454 e. The van der Waals surface area contributed by atoms with Gasteiger partial charge in [0.25, 0.3) is 0 Å². The second-order valence-corrected chi connectivity index (χ2v) is 9.28. The van der Waals surface area contributed by atoms with Gasteiger partial charge in [-0.2, -0.15) is 10.4 Å². The predicted octanol–water partition coefficient (Wildman–Crippen LogP) is 4.75. The Morgan fingerprint density at radius 2 is 1.76 bits per heavy atom. The molecule has 9 heteroatoms. The van der Waals surface area contributed by atoms with Crippen molar-refractivity contribution >= 4 is 15.9 Å². The first-order chi connectivity index (χ1) is 16.5. The molecule has 1 aliphatic heterocycles. The Bertz CT molecular complexity index is 1550. The number of para-hydroxylation sites is 1. The molecule has 1 aromatic heterocycles. The second kappa shape index (κ2) is 8.50. The van der Waals surface area contributed by atoms with E-state index in [0.717, 1.165) is 30.0 Å². The summed E-state index contributed by atoms with van der Waals surface area (Å²) in [4.78, 5) is -0.671. The summed E-state index contributed by atoms with van der Waals surface area (Å²) < 4.78 is 51.9. The van der Waals surface area contributed by atoms with E-state index in [9.17, 15) is 18.1 Å². The molecule has 0 saturated heterocycles. The minimum absolute atomic E-state index is 0.110. The molecule has 0 N–H and O–H groups in total. The van der Waals surface area contributed by atoms with Gasteiger partial charge in [-0.25, -0.2) is 17.5 Å². The molecule has 0 radical (unpaired) electrons. The lowest BCUT2D eigenvalue weighted by atomic mass is 10.1. The first kappa shape index (κ1) is 21.4. The Kier molecular flexibility index (Phi) is 5.36. The third kappa shape index (κ3) is 3.91. The Balaban J connectivity index is 1.66. The Hall–Kier alpha value is -4.42. The number of rotatable bonds is 5. The monoisotopic (exact) mass is 473 g/mol. The lowest BCUT2D eigenvalue weighted by Crippen LogP contribution is -2.03. The SMILES string of the molecule is N#C/C(=C\c1cn(-c2ccccc2)nc1-c1ccc2c(c1)OCO2)S(=O)(=O)c1ccc(F)cc1. The van der Waals surface area contributed by atoms with Crippen LogP contribution in [0.1, 0.15) is 5.56 Å². The van der Waals surface area contributed by atoms with E-state index in [1.165, 1.54) is 6.08 Å². The molecular weight excluding hydrogens is 457 g/mol. The van der Waals surface area contributed by atoms with Crippen LogP contribution in [0, 0.1) is 17.1 Å². The van der Waals surface area contributed by atoms with Crippen LogP contribution in [0.3, 0.4) is 0 Å². The summed E-state index contributed by atoms with van der Waals surface area (Å²) in [6.45, 7) is 0.110. The Morgan fingerprint density at radius 1 is 1.03 bits per heavy atom. The van der Waals surface area contributed by atoms with Gasteiger partial charge >= 0.3 is 0 Å². The molecule has 0 unspecified atom stereocenters. The summed E-state index contributed by atoms with van der Waals surface area (Å²) in [5.74, 6) is 0.566. The molecule has 0 atom stereocenters. The minimum atomic E-state index is -4.18. The van der Waals surface area contributed by atoms with E-state index in [0.29, 0.717) is 28.3 Å². The van der Waals surface area contributed by atoms with Crippen LogP contribution in [0.2, 0.25) is 0 Å². The topological polar surface area (TPSA) is 94.2 Å². The standard InChI is InChI=1S/C25H16FN3O4S/c26-19-7-9-21(10-8-19)34(30,31)22(14-27)12-18-15-29(20-4-2-1-3-5-20)28-25(18)17-6-11-23-24(13-17)33-16-32-23/h1-13,15H,16H2/b22-12+. The smallest absolute Gasteiger partial charge is 0.231 e. The van der Waals surface area contributed by atoms with Crippen molar-refractivity contribution in [1.82, 2.24) is 9.78 Å². The fourth-order valence-corrected chi connectivity index (χ4v) is 4.68. The normalized spacial score (nSPS) is 13.0. The zero-order valence-electron chi connectivity index (χ0n) is 17.6. The lowest BCUT2D eigenvalue weighted by molar-refractivity contribution is 0.174. The lowest BCUT2D eigenvalue weighted by Gasteiger charge is -2.04. The van der Waals surface area contributed by atoms with Crippen molar-refractivity contribution in [3.8, 4) is 34.5 Å². The van der Waals surface area contributed by atoms with Crippen molar-refractivity contribution in [3.63, 3.8) is 0 Å². The van der Waals surface area contributed by atoms with E-state index in [1.54, 1.807) is 35.1 Å². The third-order valence-electron chi connectivity index (χ3n) is 5.22. The fourth-order valence-electron chi connectivity index (χ4n) is 3.53. The Morgan fingerprint density at radius 3 is 2.50 bits per heavy atom. The number of allylic oxidation sites excluding steroid dienone is 1. The number of hydrogen-bond donors (Lipinski definition) is 0. The molecule has 0 fully saturated rings. The van der Waals surface area contributed by atoms with Crippen LogP contribution in [0.5, 0.6) is 11.5 Å². The van der Waals surface area contributed by atoms with Gasteiger partial charge in [-0.1, -0.05) is 18.2 Å². The highest BCUT2D eigenvalue weighted by molar-refractivity contribution is 7.95. The molecule has 7 nitrogen and oxygen atoms in total. The number of ether oxygens (including phenoxy) is 2. The van der Waals surface area contributed by atoms with Gasteiger partial charge in [0.15, 0.2) is 11.5 Å². The summed E-state index contributed by atoms with van der Waals surface area (Å²) in [5, 5.41) is 14.4. The van der Waals surface area contributed by atoms with Gasteiger partial charge in [-0.15, -0.1) is 0 Å². The number of sulfone groups is 1. The van der Waals surface area contributed by atoms with Crippen molar-refractivity contribution in [2.24, 2.45) is 0 Å². The zero-order valence-corrected chi connectivity index (χ0v) is 18.4. The number of nitrogens with zero attached hydrogens (tertiary/aromatic N) is 3. The summed E-state index contributed by atoms with van der Waals surface area (Å²) in [5.41, 5.74) is 2.26. The maximum Gasteiger partial charge on any atom is 0.231 e. The van der Waals surface area contributed by atoms with Gasteiger partial charge in [-0.05, 0) is 60.7 Å². The summed E-state index contributed by atoms with van der Waals surface area (Å²) >= 11 is 0. The zero-order chi connectivity index (χ0) is 23.7. The van der Waals surface area contributed by atoms with Crippen LogP contribution in [-0.4, -0.2) is 25.0 Å². The van der Waals surface area contributed by atoms with E-state index in [4.69, 9.17) is 9.47 Å². The number of nitriles is 1. The molecule has 1 aliphatic rings. The fraction of sp³-hybridized carbons (Fsp3) is 0.0400. The maximum atomic E-state index is 13.3. The molecule has 0 spiro atoms. The van der Waals surface area contributed by atoms with Crippen LogP contribution in [0.4, 0.5) is 4.39 Å². The predicted molar refractivity (Wildman–Crippen MR) is 122 cm³/mol. The molecule has 5 rings (SSSR count). The third-order valence-corrected chi connectivity index (χ3v) is 6.90. The number of benzene rings is 3. The first-order valence-corrected chi connectivity index (χ1v) is 11.6. The molecule has 0 aliphatic carbocycles. The summed E-state index contributed by atoms with van der Waals surface area (Å²) in [7, 11) is -4.18. The van der Waals surface area contributed by atoms with Crippen molar-refractivity contribution in [2.75, 3.05) is 6.79 Å². The van der Waals surface area contributed by atoms with Gasteiger partial charge in [-0.3, -0.25) is 0 Å². The molecule has 4 aromatic rings. The highest BCUT2D eigenvalue weighted by Gasteiger charge is 2.23. The number of halogens is 1. The van der Waals surface area contributed by atoms with Crippen LogP contribution < -0.4 is 9.47 Å². The highest BCUT2D eigenvalue weighted by atomic mass is 32.2. The van der Waals surface area contributed by atoms with E-state index >= 15 is 0 Å². The summed E-state index contributed by atoms with van der Waals surface area (Å²) in [6.07, 6.45) is 2.91. The second-order valence-electron chi connectivity index (χ2n) is 7.36. The van der Waals surface area contributed by atoms with Crippen molar-refractivity contribution in [2.45, 2.75) is 4.90 Å². The highest BCUT2D eigenvalue weighted by Crippen LogP contribution is 2.37. The average molecular weight is 473 g/mol. The van der Waals surface area contributed by atoms with Gasteiger partial charge in [0, 0.05) is 17.3 Å². The number of aromatic nitrogens is 2. The first-order valence-electron chi connectivity index (χ1n) is 10.1. The van der Waals surface area contributed by atoms with E-state index in [-0.39, 0.29) is 11.7 Å². The van der Waals surface area contributed by atoms with Gasteiger partial charge in [0.2, 0.25) is 16.6 Å². The van der Waals surface area contributed by atoms with Crippen molar-refractivity contribution in [1.29, 1.82) is 5.26 Å². The van der Waals surface area contributed by atoms with Crippen LogP contribution in [-0.2, 0) is 9.84 Å². The quantitative estimate of drug-likeness (QED) is 0.307. The van der Waals surface area contributed by atoms with Crippen molar-refractivity contribution in [3.05, 3.63) is 95.3 Å². The van der Waals surface area contributed by atoms with Gasteiger partial charge < -0.3 is 9.47 Å². The largest absolute Gasteiger partial charge is 0.454 e. The van der Waals surface area contributed by atoms with E-state index in [2.05, 4.69) is 5.10 Å². The molecule has 2 heterocycles. The molecule has 0 amide bonds. The van der Waals surface area contributed by atoms with E-state index in [1.807, 2.05) is 30.3 Å². The molecule has 0 saturated carbocycles. The molecule has 34 heavy (non-hydrogen) atoms.